The molecule has 1 unspecified atom stereocenters. The Kier molecular flexibility index (Phi) is 34.3. The number of allylic oxidation sites excluding steroid dienone is 8. The second-order valence-corrected chi connectivity index (χ2v) is 17.2. The highest BCUT2D eigenvalue weighted by Gasteiger charge is 2.20. The maximum atomic E-state index is 12.7. The summed E-state index contributed by atoms with van der Waals surface area (Å²) in [5.74, 6) is -0.142. The topological polar surface area (TPSA) is 91.4 Å². The third kappa shape index (κ3) is 31.2. The first kappa shape index (κ1) is 54.5. The monoisotopic (exact) mass is 862 g/mol. The quantitative estimate of drug-likeness (QED) is 0.0283. The Morgan fingerprint density at radius 2 is 0.952 bits per heavy atom. The number of carbonyl (C=O) groups excluding carboxylic acids is 3. The second kappa shape index (κ2) is 39.0. The molecule has 1 atom stereocenters. The van der Waals surface area contributed by atoms with E-state index in [0.29, 0.717) is 25.4 Å². The van der Waals surface area contributed by atoms with Crippen molar-refractivity contribution in [3.05, 3.63) is 83.5 Å². The van der Waals surface area contributed by atoms with Crippen molar-refractivity contribution in [2.75, 3.05) is 26.2 Å². The minimum atomic E-state index is -0.696. The number of unbranched alkanes of at least 4 members (excludes halogenated alkanes) is 16. The lowest BCUT2D eigenvalue weighted by molar-refractivity contribution is -0.145. The molecule has 0 N–H and O–H groups in total. The van der Waals surface area contributed by atoms with Crippen LogP contribution in [0.3, 0.4) is 0 Å². The number of benzene rings is 1. The third-order valence-electron chi connectivity index (χ3n) is 11.4. The highest BCUT2D eigenvalue weighted by Crippen LogP contribution is 2.19. The van der Waals surface area contributed by atoms with E-state index in [0.717, 1.165) is 126 Å². The first-order valence-electron chi connectivity index (χ1n) is 25.0. The molecule has 350 valence electrons. The molecule has 0 amide bonds. The normalized spacial score (nSPS) is 14.7. The van der Waals surface area contributed by atoms with E-state index >= 15 is 0 Å². The van der Waals surface area contributed by atoms with Crippen molar-refractivity contribution in [1.29, 1.82) is 0 Å². The molecule has 62 heavy (non-hydrogen) atoms. The fourth-order valence-electron chi connectivity index (χ4n) is 7.67. The van der Waals surface area contributed by atoms with E-state index in [1.807, 2.05) is 18.2 Å². The molecule has 1 aliphatic rings. The van der Waals surface area contributed by atoms with Crippen molar-refractivity contribution in [2.24, 2.45) is 5.92 Å². The molecule has 0 aromatic heterocycles. The van der Waals surface area contributed by atoms with E-state index in [4.69, 9.17) is 18.9 Å². The van der Waals surface area contributed by atoms with Crippen molar-refractivity contribution in [2.45, 2.75) is 208 Å². The molecule has 0 bridgehead atoms. The van der Waals surface area contributed by atoms with E-state index in [-0.39, 0.29) is 31.8 Å². The van der Waals surface area contributed by atoms with E-state index in [1.165, 1.54) is 64.2 Å². The summed E-state index contributed by atoms with van der Waals surface area (Å²) in [6.07, 6.45) is 45.3. The molecule has 8 heteroatoms. The maximum Gasteiger partial charge on any atom is 0.508 e. The number of carbonyl (C=O) groups is 3. The number of esters is 2. The zero-order chi connectivity index (χ0) is 44.6. The Morgan fingerprint density at radius 1 is 0.532 bits per heavy atom. The smallest absolute Gasteiger partial charge is 0.461 e. The van der Waals surface area contributed by atoms with Gasteiger partial charge in [-0.3, -0.25) is 9.59 Å². The number of hydrogen-bond acceptors (Lipinski definition) is 8. The Bertz CT molecular complexity index is 1330. The molecule has 1 aromatic carbocycles. The summed E-state index contributed by atoms with van der Waals surface area (Å²) >= 11 is 0. The van der Waals surface area contributed by atoms with Crippen LogP contribution in [0, 0.1) is 5.92 Å². The van der Waals surface area contributed by atoms with Crippen LogP contribution in [-0.2, 0) is 48.4 Å². The fraction of sp³-hybridized carbons (Fsp3) is 0.685. The molecule has 0 spiro atoms. The van der Waals surface area contributed by atoms with E-state index in [2.05, 4.69) is 74.3 Å². The predicted octanol–water partition coefficient (Wildman–Crippen LogP) is 14.8. The summed E-state index contributed by atoms with van der Waals surface area (Å²) in [5.41, 5.74) is 2.24. The van der Waals surface area contributed by atoms with Gasteiger partial charge in [0, 0.05) is 25.3 Å². The van der Waals surface area contributed by atoms with Crippen molar-refractivity contribution >= 4 is 18.1 Å². The number of hydrogen-bond donors (Lipinski definition) is 0. The molecule has 0 saturated carbocycles. The first-order valence-corrected chi connectivity index (χ1v) is 25.0. The molecule has 8 nitrogen and oxygen atoms in total. The largest absolute Gasteiger partial charge is 0.508 e. The van der Waals surface area contributed by atoms with Gasteiger partial charge in [-0.15, -0.1) is 0 Å². The minimum Gasteiger partial charge on any atom is -0.461 e. The molecule has 0 radical (unpaired) electrons. The summed E-state index contributed by atoms with van der Waals surface area (Å²) < 4.78 is 22.3. The van der Waals surface area contributed by atoms with E-state index in [1.54, 1.807) is 0 Å². The van der Waals surface area contributed by atoms with E-state index < -0.39 is 6.16 Å². The van der Waals surface area contributed by atoms with Gasteiger partial charge in [-0.05, 0) is 138 Å². The Hall–Kier alpha value is -3.65. The highest BCUT2D eigenvalue weighted by atomic mass is 16.7. The summed E-state index contributed by atoms with van der Waals surface area (Å²) in [7, 11) is 0. The van der Waals surface area contributed by atoms with Crippen molar-refractivity contribution in [3.63, 3.8) is 0 Å². The number of rotatable bonds is 37. The van der Waals surface area contributed by atoms with Gasteiger partial charge in [0.15, 0.2) is 0 Å². The molecular formula is C54H87NO7. The van der Waals surface area contributed by atoms with Gasteiger partial charge < -0.3 is 23.8 Å². The lowest BCUT2D eigenvalue weighted by atomic mass is 9.99. The van der Waals surface area contributed by atoms with Crippen LogP contribution in [0.4, 0.5) is 4.79 Å². The fourth-order valence-corrected chi connectivity index (χ4v) is 7.67. The Balaban J connectivity index is 1.73. The van der Waals surface area contributed by atoms with Gasteiger partial charge in [-0.2, -0.15) is 0 Å². The summed E-state index contributed by atoms with van der Waals surface area (Å²) in [5, 5.41) is 0. The van der Waals surface area contributed by atoms with Crippen LogP contribution >= 0.6 is 0 Å². The molecule has 1 heterocycles. The highest BCUT2D eigenvalue weighted by molar-refractivity contribution is 5.69. The van der Waals surface area contributed by atoms with Gasteiger partial charge in [0.05, 0.1) is 6.61 Å². The van der Waals surface area contributed by atoms with Crippen molar-refractivity contribution in [3.8, 4) is 0 Å². The van der Waals surface area contributed by atoms with Gasteiger partial charge in [0.25, 0.3) is 0 Å². The number of nitrogens with zero attached hydrogens (tertiary/aromatic N) is 1. The SMILES string of the molecule is CCCCC/C=C\C/C=C\CCCCCCCC(=O)OCc1cc(COC(=O)CCCCCCC/C=C\C/C=C\CCCCC)cc(COC(=O)OCC2CCCN(CC)C2)c1. The molecule has 1 aliphatic heterocycles. The average molecular weight is 862 g/mol. The average Bonchev–Trinajstić information content (AvgIpc) is 3.28. The minimum absolute atomic E-state index is 0.00521. The summed E-state index contributed by atoms with van der Waals surface area (Å²) in [6, 6.07) is 5.63. The van der Waals surface area contributed by atoms with Gasteiger partial charge in [-0.1, -0.05) is 134 Å². The number of piperidine rings is 1. The van der Waals surface area contributed by atoms with Gasteiger partial charge in [0.2, 0.25) is 0 Å². The Morgan fingerprint density at radius 3 is 1.40 bits per heavy atom. The summed E-state index contributed by atoms with van der Waals surface area (Å²) in [6.45, 7) is 10.2. The first-order chi connectivity index (χ1) is 30.4. The van der Waals surface area contributed by atoms with Crippen LogP contribution in [0.2, 0.25) is 0 Å². The van der Waals surface area contributed by atoms with Crippen LogP contribution in [0.25, 0.3) is 0 Å². The van der Waals surface area contributed by atoms with Gasteiger partial charge >= 0.3 is 18.1 Å². The standard InChI is InChI=1S/C54H87NO7/c1-4-7-9-11-13-15-17-19-21-23-25-27-29-31-33-37-52(56)59-45-49-40-50(42-51(41-49)47-62-54(58)61-44-48-36-35-39-55(6-3)43-48)46-60-53(57)38-34-32-30-28-26-24-22-20-18-16-14-12-10-8-5-2/h13-16,19-22,40-42,48H,4-12,17-18,23-39,43-47H2,1-3H3/b15-13-,16-14-,21-19-,22-20-. The number of likely N-dealkylation sites (tertiary alicyclic amines) is 1. The molecule has 1 aromatic rings. The molecular weight excluding hydrogens is 775 g/mol. The van der Waals surface area contributed by atoms with Gasteiger partial charge in [0.1, 0.15) is 19.8 Å². The van der Waals surface area contributed by atoms with Crippen LogP contribution in [0.5, 0.6) is 0 Å². The molecule has 1 saturated heterocycles. The zero-order valence-electron chi connectivity index (χ0n) is 39.6. The molecule has 1 fully saturated rings. The van der Waals surface area contributed by atoms with E-state index in [9.17, 15) is 14.4 Å². The van der Waals surface area contributed by atoms with Crippen LogP contribution in [-0.4, -0.2) is 49.2 Å². The lowest BCUT2D eigenvalue weighted by Crippen LogP contribution is -2.37. The second-order valence-electron chi connectivity index (χ2n) is 17.2. The zero-order valence-corrected chi connectivity index (χ0v) is 39.6. The van der Waals surface area contributed by atoms with Crippen LogP contribution in [0.15, 0.2) is 66.8 Å². The lowest BCUT2D eigenvalue weighted by Gasteiger charge is -2.31. The van der Waals surface area contributed by atoms with Crippen molar-refractivity contribution in [1.82, 2.24) is 4.90 Å². The maximum absolute atomic E-state index is 12.7. The molecule has 0 aliphatic carbocycles. The Labute approximate surface area is 378 Å². The molecule has 2 rings (SSSR count). The summed E-state index contributed by atoms with van der Waals surface area (Å²) in [4.78, 5) is 40.3. The predicted molar refractivity (Wildman–Crippen MR) is 256 cm³/mol. The van der Waals surface area contributed by atoms with Crippen molar-refractivity contribution < 1.29 is 33.3 Å². The number of ether oxygens (including phenoxy) is 4. The van der Waals surface area contributed by atoms with Crippen LogP contribution in [0.1, 0.15) is 204 Å². The van der Waals surface area contributed by atoms with Crippen LogP contribution < -0.4 is 0 Å². The van der Waals surface area contributed by atoms with Gasteiger partial charge in [-0.25, -0.2) is 4.79 Å². The third-order valence-corrected chi connectivity index (χ3v) is 11.4.